The number of hydrogen-bond acceptors (Lipinski definition) is 6. The number of carbonyl (C=O) groups is 2. The van der Waals surface area contributed by atoms with Crippen molar-refractivity contribution in [1.82, 2.24) is 10.3 Å². The van der Waals surface area contributed by atoms with Crippen LogP contribution >= 0.6 is 11.3 Å². The third-order valence-electron chi connectivity index (χ3n) is 3.19. The third kappa shape index (κ3) is 3.40. The quantitative estimate of drug-likeness (QED) is 0.748. The third-order valence-corrected chi connectivity index (χ3v) is 5.84. The first-order chi connectivity index (χ1) is 11.5. The van der Waals surface area contributed by atoms with E-state index in [1.807, 2.05) is 4.83 Å². The molecule has 10 heteroatoms. The smallest absolute Gasteiger partial charge is 0.266 e. The van der Waals surface area contributed by atoms with Gasteiger partial charge in [-0.15, -0.1) is 16.2 Å². The Kier molecular flexibility index (Phi) is 4.51. The van der Waals surface area contributed by atoms with Gasteiger partial charge in [-0.25, -0.2) is 8.42 Å². The van der Waals surface area contributed by atoms with E-state index in [1.165, 1.54) is 11.0 Å². The summed E-state index contributed by atoms with van der Waals surface area (Å²) in [5, 5.41) is 1.61. The van der Waals surface area contributed by atoms with Crippen LogP contribution in [0.5, 0.6) is 5.75 Å². The minimum absolute atomic E-state index is 0.0793. The monoisotopic (exact) mass is 367 g/mol. The van der Waals surface area contributed by atoms with Crippen molar-refractivity contribution in [3.05, 3.63) is 41.8 Å². The number of amides is 2. The maximum atomic E-state index is 12.0. The number of hydrogen-bond donors (Lipinski definition) is 2. The van der Waals surface area contributed by atoms with Crippen LogP contribution in [-0.2, 0) is 19.6 Å². The molecule has 2 amide bonds. The first kappa shape index (κ1) is 16.4. The van der Waals surface area contributed by atoms with Crippen LogP contribution in [0.3, 0.4) is 0 Å². The lowest BCUT2D eigenvalue weighted by Crippen LogP contribution is -2.49. The number of rotatable bonds is 5. The number of sulfonamides is 1. The summed E-state index contributed by atoms with van der Waals surface area (Å²) in [6.45, 7) is -0.503. The number of carbonyl (C=O) groups excluding carboxylic acids is 2. The van der Waals surface area contributed by atoms with Crippen LogP contribution in [0.4, 0.5) is 5.69 Å². The molecule has 1 aromatic carbocycles. The highest BCUT2D eigenvalue weighted by atomic mass is 32.2. The molecule has 2 N–H and O–H groups in total. The Balaban J connectivity index is 1.66. The first-order valence-corrected chi connectivity index (χ1v) is 9.20. The second-order valence-electron chi connectivity index (χ2n) is 4.82. The maximum absolute atomic E-state index is 12.0. The molecule has 0 fully saturated rings. The molecule has 0 radical (unpaired) electrons. The topological polar surface area (TPSA) is 105 Å². The first-order valence-electron chi connectivity index (χ1n) is 6.84. The van der Waals surface area contributed by atoms with Crippen molar-refractivity contribution in [2.24, 2.45) is 0 Å². The Morgan fingerprint density at radius 1 is 1.25 bits per heavy atom. The minimum Gasteiger partial charge on any atom is -0.482 e. The zero-order valence-electron chi connectivity index (χ0n) is 12.3. The Morgan fingerprint density at radius 2 is 2.04 bits per heavy atom. The van der Waals surface area contributed by atoms with E-state index in [2.05, 4.69) is 5.43 Å². The van der Waals surface area contributed by atoms with Crippen molar-refractivity contribution in [2.45, 2.75) is 4.21 Å². The summed E-state index contributed by atoms with van der Waals surface area (Å²) >= 11 is 1.03. The van der Waals surface area contributed by atoms with Crippen molar-refractivity contribution in [3.63, 3.8) is 0 Å². The summed E-state index contributed by atoms with van der Waals surface area (Å²) < 4.78 is 29.2. The zero-order chi connectivity index (χ0) is 17.2. The highest BCUT2D eigenvalue weighted by Gasteiger charge is 2.27. The van der Waals surface area contributed by atoms with Crippen LogP contribution in [0.2, 0.25) is 0 Å². The van der Waals surface area contributed by atoms with E-state index in [9.17, 15) is 18.0 Å². The molecule has 0 saturated heterocycles. The Morgan fingerprint density at radius 3 is 2.79 bits per heavy atom. The number of anilines is 1. The Hall–Kier alpha value is -2.43. The van der Waals surface area contributed by atoms with Gasteiger partial charge < -0.3 is 4.74 Å². The van der Waals surface area contributed by atoms with Gasteiger partial charge in [0.15, 0.2) is 6.61 Å². The molecule has 126 valence electrons. The van der Waals surface area contributed by atoms with Gasteiger partial charge in [0.2, 0.25) is 0 Å². The van der Waals surface area contributed by atoms with Crippen LogP contribution in [0.1, 0.15) is 0 Å². The van der Waals surface area contributed by atoms with Gasteiger partial charge in [0.05, 0.1) is 5.69 Å². The van der Waals surface area contributed by atoms with Gasteiger partial charge in [0.25, 0.3) is 21.8 Å². The second kappa shape index (κ2) is 6.59. The van der Waals surface area contributed by atoms with Gasteiger partial charge >= 0.3 is 0 Å². The molecule has 1 aromatic heterocycles. The molecule has 0 saturated carbocycles. The highest BCUT2D eigenvalue weighted by Crippen LogP contribution is 2.31. The average Bonchev–Trinajstić information content (AvgIpc) is 3.11. The number of para-hydroxylation sites is 2. The number of benzene rings is 1. The van der Waals surface area contributed by atoms with Gasteiger partial charge in [-0.2, -0.15) is 0 Å². The molecule has 0 atom stereocenters. The van der Waals surface area contributed by atoms with Gasteiger partial charge in [0, 0.05) is 0 Å². The van der Waals surface area contributed by atoms with E-state index in [1.54, 1.807) is 35.7 Å². The van der Waals surface area contributed by atoms with Gasteiger partial charge in [-0.05, 0) is 23.6 Å². The van der Waals surface area contributed by atoms with E-state index in [0.717, 1.165) is 11.3 Å². The summed E-state index contributed by atoms with van der Waals surface area (Å²) in [6.07, 6.45) is 0. The standard InChI is InChI=1S/C14H13N3O5S2/c18-12(15-16-24(20,21)14-6-3-7-23-14)8-17-10-4-1-2-5-11(10)22-9-13(17)19/h1-7,16H,8-9H2,(H,15,18). The predicted molar refractivity (Wildman–Crippen MR) is 87.1 cm³/mol. The van der Waals surface area contributed by atoms with Crippen molar-refractivity contribution >= 4 is 38.9 Å². The van der Waals surface area contributed by atoms with Crippen molar-refractivity contribution in [1.29, 1.82) is 0 Å². The molecule has 0 unspecified atom stereocenters. The molecule has 1 aliphatic rings. The van der Waals surface area contributed by atoms with Crippen molar-refractivity contribution in [3.8, 4) is 5.75 Å². The molecule has 0 bridgehead atoms. The summed E-state index contributed by atoms with van der Waals surface area (Å²) in [5.41, 5.74) is 2.57. The Labute approximate surface area is 142 Å². The molecular weight excluding hydrogens is 354 g/mol. The number of nitrogens with zero attached hydrogens (tertiary/aromatic N) is 1. The maximum Gasteiger partial charge on any atom is 0.266 e. The summed E-state index contributed by atoms with van der Waals surface area (Å²) in [7, 11) is -3.82. The van der Waals surface area contributed by atoms with E-state index in [-0.39, 0.29) is 23.3 Å². The van der Waals surface area contributed by atoms with E-state index >= 15 is 0 Å². The van der Waals surface area contributed by atoms with Crippen molar-refractivity contribution in [2.75, 3.05) is 18.1 Å². The van der Waals surface area contributed by atoms with Crippen molar-refractivity contribution < 1.29 is 22.7 Å². The molecule has 0 spiro atoms. The van der Waals surface area contributed by atoms with Crippen LogP contribution in [0.15, 0.2) is 46.0 Å². The largest absolute Gasteiger partial charge is 0.482 e. The van der Waals surface area contributed by atoms with Gasteiger partial charge in [0.1, 0.15) is 16.5 Å². The fourth-order valence-electron chi connectivity index (χ4n) is 2.10. The van der Waals surface area contributed by atoms with E-state index < -0.39 is 15.9 Å². The van der Waals surface area contributed by atoms with Crippen LogP contribution < -0.4 is 19.9 Å². The number of hydrazine groups is 1. The summed E-state index contributed by atoms with van der Waals surface area (Å²) in [4.78, 5) is 27.2. The summed E-state index contributed by atoms with van der Waals surface area (Å²) in [6, 6.07) is 9.81. The second-order valence-corrected chi connectivity index (χ2v) is 7.68. The van der Waals surface area contributed by atoms with Crippen LogP contribution in [-0.4, -0.2) is 33.4 Å². The molecule has 2 heterocycles. The number of fused-ring (bicyclic) bond motifs is 1. The van der Waals surface area contributed by atoms with Gasteiger partial charge in [-0.3, -0.25) is 19.9 Å². The molecule has 1 aliphatic heterocycles. The number of ether oxygens (including phenoxy) is 1. The lowest BCUT2D eigenvalue weighted by atomic mass is 10.2. The molecular formula is C14H13N3O5S2. The molecule has 0 aliphatic carbocycles. The summed E-state index contributed by atoms with van der Waals surface area (Å²) in [5.74, 6) is -0.561. The van der Waals surface area contributed by atoms with Crippen LogP contribution in [0.25, 0.3) is 0 Å². The highest BCUT2D eigenvalue weighted by molar-refractivity contribution is 7.91. The molecule has 24 heavy (non-hydrogen) atoms. The van der Waals surface area contributed by atoms with Crippen LogP contribution in [0, 0.1) is 0 Å². The lowest BCUT2D eigenvalue weighted by molar-refractivity contribution is -0.125. The van der Waals surface area contributed by atoms with Gasteiger partial charge in [-0.1, -0.05) is 18.2 Å². The normalized spacial score (nSPS) is 14.0. The SMILES string of the molecule is O=C(CN1C(=O)COc2ccccc21)NNS(=O)(=O)c1cccs1. The molecule has 3 rings (SSSR count). The fraction of sp³-hybridized carbons (Fsp3) is 0.143. The molecule has 2 aromatic rings. The Bertz CT molecular complexity index is 864. The zero-order valence-corrected chi connectivity index (χ0v) is 13.9. The minimum atomic E-state index is -3.82. The average molecular weight is 367 g/mol. The van der Waals surface area contributed by atoms with E-state index in [0.29, 0.717) is 11.4 Å². The lowest BCUT2D eigenvalue weighted by Gasteiger charge is -2.28. The fourth-order valence-corrected chi connectivity index (χ4v) is 3.95. The number of nitrogens with one attached hydrogen (secondary N) is 2. The number of thiophene rings is 1. The van der Waals surface area contributed by atoms with E-state index in [4.69, 9.17) is 4.74 Å². The predicted octanol–water partition coefficient (Wildman–Crippen LogP) is 0.483. The molecule has 8 nitrogen and oxygen atoms in total.